The van der Waals surface area contributed by atoms with Gasteiger partial charge in [-0.2, -0.15) is 0 Å². The lowest BCUT2D eigenvalue weighted by molar-refractivity contribution is -0.421. The van der Waals surface area contributed by atoms with Crippen molar-refractivity contribution >= 4 is 57.6 Å². The number of nitro groups is 2. The fraction of sp³-hybridized carbons (Fsp3) is 0.222. The summed E-state index contributed by atoms with van der Waals surface area (Å²) >= 11 is 3.39. The molecule has 0 aliphatic carbocycles. The summed E-state index contributed by atoms with van der Waals surface area (Å²) in [4.78, 5) is 24.0. The minimum Gasteiger partial charge on any atom is -0.485 e. The second kappa shape index (κ2) is 7.57. The summed E-state index contributed by atoms with van der Waals surface area (Å²) in [6.07, 6.45) is 0. The summed E-state index contributed by atoms with van der Waals surface area (Å²) in [7, 11) is 0. The van der Waals surface area contributed by atoms with Crippen molar-refractivity contribution in [1.82, 2.24) is 0 Å². The first-order chi connectivity index (χ1) is 16.1. The average molecular weight is 509 g/mol. The van der Waals surface area contributed by atoms with Gasteiger partial charge >= 0.3 is 11.4 Å². The van der Waals surface area contributed by atoms with Crippen LogP contribution in [-0.2, 0) is 0 Å². The van der Waals surface area contributed by atoms with Gasteiger partial charge in [0, 0.05) is 10.8 Å². The first-order valence-electron chi connectivity index (χ1n) is 9.51. The number of hydrogen-bond donors (Lipinski definition) is 2. The van der Waals surface area contributed by atoms with Crippen LogP contribution in [0.15, 0.2) is 10.8 Å². The molecule has 0 radical (unpaired) electrons. The minimum absolute atomic E-state index is 0.0716. The molecule has 2 N–H and O–H groups in total. The quantitative estimate of drug-likeness (QED) is 0.281. The van der Waals surface area contributed by atoms with E-state index in [0.29, 0.717) is 57.3 Å². The lowest BCUT2D eigenvalue weighted by atomic mass is 9.98. The van der Waals surface area contributed by atoms with Gasteiger partial charge < -0.3 is 28.4 Å². The van der Waals surface area contributed by atoms with E-state index in [2.05, 4.69) is 9.44 Å². The summed E-state index contributed by atoms with van der Waals surface area (Å²) in [6.45, 7) is 1.24. The van der Waals surface area contributed by atoms with Crippen LogP contribution >= 0.6 is 34.8 Å². The van der Waals surface area contributed by atoms with Crippen LogP contribution in [-0.4, -0.2) is 36.3 Å². The normalized spacial score (nSPS) is 15.4. The van der Waals surface area contributed by atoms with E-state index in [-0.39, 0.29) is 24.3 Å². The van der Waals surface area contributed by atoms with E-state index in [4.69, 9.17) is 18.9 Å². The van der Waals surface area contributed by atoms with E-state index in [1.807, 2.05) is 0 Å². The van der Waals surface area contributed by atoms with Crippen LogP contribution in [0.3, 0.4) is 0 Å². The van der Waals surface area contributed by atoms with Crippen molar-refractivity contribution in [3.63, 3.8) is 0 Å². The largest absolute Gasteiger partial charge is 0.485 e. The molecule has 3 aliphatic rings. The number of hydrogen-bond acceptors (Lipinski definition) is 13. The average Bonchev–Trinajstić information content (AvgIpc) is 3.55. The Kier molecular flexibility index (Phi) is 4.63. The molecule has 15 heteroatoms. The molecule has 0 amide bonds. The number of anilines is 2. The van der Waals surface area contributed by atoms with Crippen LogP contribution in [0.4, 0.5) is 22.7 Å². The van der Waals surface area contributed by atoms with E-state index >= 15 is 0 Å². The van der Waals surface area contributed by atoms with Crippen LogP contribution < -0.4 is 28.4 Å². The molecule has 0 spiro atoms. The lowest BCUT2D eigenvalue weighted by Gasteiger charge is -2.18. The summed E-state index contributed by atoms with van der Waals surface area (Å²) in [5, 5.41) is 28.0. The van der Waals surface area contributed by atoms with Crippen LogP contribution in [0.1, 0.15) is 0 Å². The van der Waals surface area contributed by atoms with Crippen molar-refractivity contribution in [3.05, 3.63) is 31.0 Å². The summed E-state index contributed by atoms with van der Waals surface area (Å²) in [5.74, 6) is 1.57. The molecular formula is C18H12N4O8S3. The zero-order valence-electron chi connectivity index (χ0n) is 16.4. The van der Waals surface area contributed by atoms with Crippen LogP contribution in [0.2, 0.25) is 0 Å². The van der Waals surface area contributed by atoms with Crippen molar-refractivity contribution in [3.8, 4) is 43.9 Å². The maximum atomic E-state index is 12.3. The van der Waals surface area contributed by atoms with E-state index in [1.54, 1.807) is 10.8 Å². The van der Waals surface area contributed by atoms with Crippen molar-refractivity contribution in [2.45, 2.75) is 0 Å². The molecule has 0 saturated heterocycles. The Morgan fingerprint density at radius 2 is 1.15 bits per heavy atom. The van der Waals surface area contributed by atoms with Crippen molar-refractivity contribution < 1.29 is 28.8 Å². The van der Waals surface area contributed by atoms with E-state index < -0.39 is 21.2 Å². The summed E-state index contributed by atoms with van der Waals surface area (Å²) in [5.41, 5.74) is -0.425. The molecule has 5 heterocycles. The van der Waals surface area contributed by atoms with E-state index in [1.165, 1.54) is 22.7 Å². The zero-order valence-corrected chi connectivity index (χ0v) is 18.8. The Balaban J connectivity index is 1.71. The number of rotatable bonds is 4. The highest BCUT2D eigenvalue weighted by Gasteiger charge is 2.44. The van der Waals surface area contributed by atoms with Gasteiger partial charge in [0.2, 0.25) is 0 Å². The Morgan fingerprint density at radius 1 is 0.727 bits per heavy atom. The van der Waals surface area contributed by atoms with Gasteiger partial charge in [0.25, 0.3) is 0 Å². The zero-order chi connectivity index (χ0) is 22.7. The Hall–Kier alpha value is -3.43. The van der Waals surface area contributed by atoms with Gasteiger partial charge in [-0.1, -0.05) is 0 Å². The van der Waals surface area contributed by atoms with Gasteiger partial charge in [-0.3, -0.25) is 20.2 Å². The molecule has 33 heavy (non-hydrogen) atoms. The van der Waals surface area contributed by atoms with Gasteiger partial charge in [0.15, 0.2) is 23.0 Å². The molecular weight excluding hydrogens is 496 g/mol. The number of fused-ring (bicyclic) bond motifs is 3. The highest BCUT2D eigenvalue weighted by atomic mass is 32.2. The number of nitrogens with zero attached hydrogens (tertiary/aromatic N) is 2. The maximum Gasteiger partial charge on any atom is 0.357 e. The Labute approximate surface area is 197 Å². The Morgan fingerprint density at radius 3 is 1.58 bits per heavy atom. The van der Waals surface area contributed by atoms with Crippen LogP contribution in [0.25, 0.3) is 20.9 Å². The smallest absolute Gasteiger partial charge is 0.357 e. The predicted octanol–water partition coefficient (Wildman–Crippen LogP) is 4.90. The molecule has 0 fully saturated rings. The third-order valence-corrected chi connectivity index (χ3v) is 7.70. The molecule has 170 valence electrons. The third-order valence-electron chi connectivity index (χ3n) is 5.18. The maximum absolute atomic E-state index is 12.3. The number of thiophene rings is 2. The second-order valence-electron chi connectivity index (χ2n) is 6.93. The van der Waals surface area contributed by atoms with Gasteiger partial charge in [-0.15, -0.1) is 22.7 Å². The fourth-order valence-corrected chi connectivity index (χ4v) is 6.55. The second-order valence-corrected chi connectivity index (χ2v) is 9.30. The molecule has 12 nitrogen and oxygen atoms in total. The van der Waals surface area contributed by atoms with Crippen LogP contribution in [0, 0.1) is 20.2 Å². The number of benzene rings is 1. The lowest BCUT2D eigenvalue weighted by Crippen LogP contribution is -2.15. The molecule has 2 aromatic heterocycles. The van der Waals surface area contributed by atoms with Crippen LogP contribution in [0.5, 0.6) is 23.0 Å². The van der Waals surface area contributed by atoms with E-state index in [0.717, 1.165) is 12.1 Å². The fourth-order valence-electron chi connectivity index (χ4n) is 3.92. The SMILES string of the molecule is O=[N+]([O-])c1c(-c2scc3c2OCCO3)c2c(c(-c3scc4c3OCCO4)c1[N+](=O)[O-])NSN2. The molecule has 1 aromatic carbocycles. The molecule has 3 aromatic rings. The first-order valence-corrected chi connectivity index (χ1v) is 12.1. The van der Waals surface area contributed by atoms with Crippen molar-refractivity contribution in [2.75, 3.05) is 35.9 Å². The molecule has 3 aliphatic heterocycles. The molecule has 0 bridgehead atoms. The predicted molar refractivity (Wildman–Crippen MR) is 123 cm³/mol. The summed E-state index contributed by atoms with van der Waals surface area (Å²) < 4.78 is 28.7. The topological polar surface area (TPSA) is 147 Å². The van der Waals surface area contributed by atoms with Gasteiger partial charge in [-0.25, -0.2) is 0 Å². The van der Waals surface area contributed by atoms with Gasteiger partial charge in [0.05, 0.1) is 43.1 Å². The van der Waals surface area contributed by atoms with Crippen molar-refractivity contribution in [1.29, 1.82) is 0 Å². The number of nitro benzene ring substituents is 2. The van der Waals surface area contributed by atoms with Gasteiger partial charge in [-0.05, 0) is 0 Å². The highest BCUT2D eigenvalue weighted by molar-refractivity contribution is 8.02. The standard InChI is InChI=1S/C18H12N4O8S3/c23-21(24)13-9(17-15-7(5-31-17)27-1-3-29-15)11-12(20-33-19-11)10(14(13)22(25)26)18-16-8(6-32-18)28-2-4-30-16/h5-6,19-20H,1-4H2. The van der Waals surface area contributed by atoms with Gasteiger partial charge in [0.1, 0.15) is 37.6 Å². The monoisotopic (exact) mass is 508 g/mol. The highest BCUT2D eigenvalue weighted by Crippen LogP contribution is 2.62. The molecule has 0 atom stereocenters. The van der Waals surface area contributed by atoms with E-state index in [9.17, 15) is 20.2 Å². The number of nitrogens with one attached hydrogen (secondary N) is 2. The molecule has 0 unspecified atom stereocenters. The summed E-state index contributed by atoms with van der Waals surface area (Å²) in [6, 6.07) is 0. The Bertz CT molecular complexity index is 1240. The number of ether oxygens (including phenoxy) is 4. The third kappa shape index (κ3) is 2.96. The van der Waals surface area contributed by atoms with Crippen molar-refractivity contribution in [2.24, 2.45) is 0 Å². The first kappa shape index (κ1) is 20.2. The molecule has 0 saturated carbocycles. The molecule has 6 rings (SSSR count). The minimum atomic E-state index is -0.727.